The number of nitrogens with zero attached hydrogens (tertiary/aromatic N) is 2. The Kier molecular flexibility index (Phi) is 5.03. The second-order valence-corrected chi connectivity index (χ2v) is 9.55. The molecule has 2 heteroatoms. The number of amidine groups is 1. The van der Waals surface area contributed by atoms with Crippen molar-refractivity contribution in [2.75, 3.05) is 4.90 Å². The van der Waals surface area contributed by atoms with Crippen LogP contribution in [0.2, 0.25) is 0 Å². The van der Waals surface area contributed by atoms with Crippen molar-refractivity contribution in [2.24, 2.45) is 4.99 Å². The lowest BCUT2D eigenvalue weighted by Crippen LogP contribution is -2.30. The van der Waals surface area contributed by atoms with Gasteiger partial charge in [0.05, 0.1) is 12.2 Å². The van der Waals surface area contributed by atoms with E-state index in [0.29, 0.717) is 6.54 Å². The molecular formula is C34H26N2. The van der Waals surface area contributed by atoms with Gasteiger partial charge in [0.1, 0.15) is 5.84 Å². The summed E-state index contributed by atoms with van der Waals surface area (Å²) < 4.78 is 0. The number of anilines is 2. The molecular weight excluding hydrogens is 436 g/mol. The van der Waals surface area contributed by atoms with E-state index in [1.807, 2.05) is 0 Å². The molecule has 5 aromatic carbocycles. The van der Waals surface area contributed by atoms with E-state index in [0.717, 1.165) is 29.9 Å². The quantitative estimate of drug-likeness (QED) is 0.283. The van der Waals surface area contributed by atoms with Crippen molar-refractivity contribution in [3.8, 4) is 11.1 Å². The van der Waals surface area contributed by atoms with Crippen LogP contribution in [0.25, 0.3) is 34.1 Å². The van der Waals surface area contributed by atoms with E-state index < -0.39 is 0 Å². The third-order valence-corrected chi connectivity index (χ3v) is 7.27. The summed E-state index contributed by atoms with van der Waals surface area (Å²) in [5.41, 5.74) is 7.15. The predicted octanol–water partition coefficient (Wildman–Crippen LogP) is 6.96. The van der Waals surface area contributed by atoms with Crippen molar-refractivity contribution in [1.82, 2.24) is 0 Å². The van der Waals surface area contributed by atoms with Crippen LogP contribution in [0.5, 0.6) is 0 Å². The van der Waals surface area contributed by atoms with Gasteiger partial charge in [0.15, 0.2) is 0 Å². The number of hydrogen-bond acceptors (Lipinski definition) is 2. The molecule has 0 aromatic heterocycles. The zero-order valence-corrected chi connectivity index (χ0v) is 20.1. The summed E-state index contributed by atoms with van der Waals surface area (Å²) in [6.07, 6.45) is 6.99. The molecule has 2 nitrogen and oxygen atoms in total. The van der Waals surface area contributed by atoms with Crippen LogP contribution in [-0.4, -0.2) is 5.84 Å². The maximum atomic E-state index is 5.02. The molecule has 1 aliphatic carbocycles. The van der Waals surface area contributed by atoms with Gasteiger partial charge in [-0.15, -0.1) is 0 Å². The molecule has 1 heterocycles. The number of para-hydroxylation sites is 2. The Labute approximate surface area is 211 Å². The molecule has 0 amide bonds. The van der Waals surface area contributed by atoms with E-state index in [-0.39, 0.29) is 0 Å². The molecule has 7 rings (SSSR count). The van der Waals surface area contributed by atoms with Crippen molar-refractivity contribution in [1.29, 1.82) is 0 Å². The first-order valence-corrected chi connectivity index (χ1v) is 12.7. The second kappa shape index (κ2) is 8.66. The van der Waals surface area contributed by atoms with Crippen molar-refractivity contribution >= 4 is 40.1 Å². The van der Waals surface area contributed by atoms with Gasteiger partial charge >= 0.3 is 0 Å². The van der Waals surface area contributed by atoms with Crippen LogP contribution >= 0.6 is 0 Å². The Bertz CT molecular complexity index is 1750. The van der Waals surface area contributed by atoms with Crippen LogP contribution in [0.4, 0.5) is 11.4 Å². The lowest BCUT2D eigenvalue weighted by Gasteiger charge is -2.31. The molecule has 0 fully saturated rings. The fourth-order valence-electron chi connectivity index (χ4n) is 5.42. The molecule has 0 N–H and O–H groups in total. The molecule has 5 aromatic rings. The zero-order chi connectivity index (χ0) is 23.9. The standard InChI is InChI=1S/C34H26N2/c1-2-11-32(12-3-1)36-33-13-7-6-10-30(33)23-35-34(36)25-16-14-24(15-17-25)28-18-19-29-20-26-8-4-5-9-27(26)21-31(29)22-28/h1-3,6-22H,4-5,23H2. The van der Waals surface area contributed by atoms with E-state index in [9.17, 15) is 0 Å². The SMILES string of the molecule is C1=c2cc3ccc(-c4ccc(C5=NCc6ccccc6N5c5ccccc5)cc4)cc3cc2=CCC1. The number of hydrogen-bond donors (Lipinski definition) is 0. The van der Waals surface area contributed by atoms with Gasteiger partial charge in [-0.3, -0.25) is 9.89 Å². The zero-order valence-electron chi connectivity index (χ0n) is 20.1. The van der Waals surface area contributed by atoms with Crippen molar-refractivity contribution in [3.05, 3.63) is 131 Å². The minimum absolute atomic E-state index is 0.694. The van der Waals surface area contributed by atoms with Gasteiger partial charge in [0.2, 0.25) is 0 Å². The smallest absolute Gasteiger partial charge is 0.140 e. The van der Waals surface area contributed by atoms with Crippen LogP contribution < -0.4 is 15.3 Å². The summed E-state index contributed by atoms with van der Waals surface area (Å²) in [5.74, 6) is 0.989. The van der Waals surface area contributed by atoms with Gasteiger partial charge in [0.25, 0.3) is 0 Å². The highest BCUT2D eigenvalue weighted by molar-refractivity contribution is 6.15. The Morgan fingerprint density at radius 2 is 1.22 bits per heavy atom. The largest absolute Gasteiger partial charge is 0.294 e. The highest BCUT2D eigenvalue weighted by Crippen LogP contribution is 2.35. The molecule has 1 aliphatic heterocycles. The van der Waals surface area contributed by atoms with Gasteiger partial charge in [-0.25, -0.2) is 0 Å². The molecule has 0 bridgehead atoms. The van der Waals surface area contributed by atoms with Gasteiger partial charge in [-0.05, 0) is 87.1 Å². The number of rotatable bonds is 3. The molecule has 0 saturated carbocycles. The summed E-state index contributed by atoms with van der Waals surface area (Å²) in [5, 5.41) is 5.32. The van der Waals surface area contributed by atoms with Crippen molar-refractivity contribution in [2.45, 2.75) is 19.4 Å². The summed E-state index contributed by atoms with van der Waals surface area (Å²) in [6, 6.07) is 39.4. The first kappa shape index (κ1) is 20.9. The molecule has 0 spiro atoms. The molecule has 0 unspecified atom stereocenters. The Hall–Kier alpha value is -4.43. The van der Waals surface area contributed by atoms with Crippen LogP contribution in [0, 0.1) is 0 Å². The first-order valence-electron chi connectivity index (χ1n) is 12.7. The fourth-order valence-corrected chi connectivity index (χ4v) is 5.42. The minimum atomic E-state index is 0.694. The third kappa shape index (κ3) is 3.63. The summed E-state index contributed by atoms with van der Waals surface area (Å²) in [7, 11) is 0. The van der Waals surface area contributed by atoms with Crippen molar-refractivity contribution < 1.29 is 0 Å². The second-order valence-electron chi connectivity index (χ2n) is 9.55. The Morgan fingerprint density at radius 3 is 2.03 bits per heavy atom. The number of benzene rings is 5. The molecule has 0 saturated heterocycles. The van der Waals surface area contributed by atoms with E-state index >= 15 is 0 Å². The first-order chi connectivity index (χ1) is 17.8. The van der Waals surface area contributed by atoms with E-state index in [2.05, 4.69) is 126 Å². The van der Waals surface area contributed by atoms with Crippen LogP contribution in [0.15, 0.2) is 114 Å². The topological polar surface area (TPSA) is 15.6 Å². The average molecular weight is 463 g/mol. The predicted molar refractivity (Wildman–Crippen MR) is 152 cm³/mol. The summed E-state index contributed by atoms with van der Waals surface area (Å²) in [6.45, 7) is 0.694. The lowest BCUT2D eigenvalue weighted by atomic mass is 9.97. The monoisotopic (exact) mass is 462 g/mol. The van der Waals surface area contributed by atoms with Crippen LogP contribution in [0.3, 0.4) is 0 Å². The third-order valence-electron chi connectivity index (χ3n) is 7.27. The maximum Gasteiger partial charge on any atom is 0.140 e. The van der Waals surface area contributed by atoms with Gasteiger partial charge in [0, 0.05) is 11.3 Å². The highest BCUT2D eigenvalue weighted by atomic mass is 15.2. The van der Waals surface area contributed by atoms with Crippen LogP contribution in [0.1, 0.15) is 24.0 Å². The van der Waals surface area contributed by atoms with E-state index in [1.165, 1.54) is 43.6 Å². The molecule has 2 aliphatic rings. The van der Waals surface area contributed by atoms with Gasteiger partial charge < -0.3 is 0 Å². The molecule has 0 atom stereocenters. The van der Waals surface area contributed by atoms with Gasteiger partial charge in [-0.2, -0.15) is 0 Å². The number of fused-ring (bicyclic) bond motifs is 3. The summed E-state index contributed by atoms with van der Waals surface area (Å²) in [4.78, 5) is 7.30. The van der Waals surface area contributed by atoms with E-state index in [1.54, 1.807) is 0 Å². The molecule has 0 radical (unpaired) electrons. The molecule has 172 valence electrons. The normalized spacial score (nSPS) is 14.3. The Morgan fingerprint density at radius 1 is 0.556 bits per heavy atom. The van der Waals surface area contributed by atoms with Gasteiger partial charge in [-0.1, -0.05) is 84.9 Å². The summed E-state index contributed by atoms with van der Waals surface area (Å²) >= 11 is 0. The van der Waals surface area contributed by atoms with Crippen LogP contribution in [-0.2, 0) is 6.54 Å². The maximum absolute atomic E-state index is 5.02. The fraction of sp³-hybridized carbons (Fsp3) is 0.0882. The lowest BCUT2D eigenvalue weighted by molar-refractivity contribution is 1.01. The highest BCUT2D eigenvalue weighted by Gasteiger charge is 2.23. The minimum Gasteiger partial charge on any atom is -0.294 e. The van der Waals surface area contributed by atoms with E-state index in [4.69, 9.17) is 4.99 Å². The average Bonchev–Trinajstić information content (AvgIpc) is 2.95. The number of aliphatic imine (C=N–C) groups is 1. The molecule has 36 heavy (non-hydrogen) atoms. The van der Waals surface area contributed by atoms with Crippen molar-refractivity contribution in [3.63, 3.8) is 0 Å². The Balaban J connectivity index is 1.27.